The lowest BCUT2D eigenvalue weighted by molar-refractivity contribution is -0.151. The van der Waals surface area contributed by atoms with Crippen molar-refractivity contribution in [1.82, 2.24) is 10.2 Å². The van der Waals surface area contributed by atoms with Crippen LogP contribution < -0.4 is 5.32 Å². The Morgan fingerprint density at radius 1 is 1.42 bits per heavy atom. The van der Waals surface area contributed by atoms with E-state index in [9.17, 15) is 14.4 Å². The van der Waals surface area contributed by atoms with E-state index in [0.29, 0.717) is 32.5 Å². The van der Waals surface area contributed by atoms with Gasteiger partial charge in [0.2, 0.25) is 11.8 Å². The van der Waals surface area contributed by atoms with Gasteiger partial charge in [-0.3, -0.25) is 14.4 Å². The number of carbonyl (C=O) groups excluding carboxylic acids is 3. The van der Waals surface area contributed by atoms with Crippen LogP contribution in [0.1, 0.15) is 32.6 Å². The van der Waals surface area contributed by atoms with E-state index in [-0.39, 0.29) is 23.7 Å². The Hall–Kier alpha value is -1.59. The van der Waals surface area contributed by atoms with Gasteiger partial charge in [-0.15, -0.1) is 0 Å². The van der Waals surface area contributed by atoms with E-state index in [0.717, 1.165) is 12.8 Å². The largest absolute Gasteiger partial charge is 0.466 e. The number of nitrogens with one attached hydrogen (secondary N) is 1. The summed E-state index contributed by atoms with van der Waals surface area (Å²) in [7, 11) is 0. The molecule has 2 heterocycles. The number of rotatable bonds is 3. The number of amides is 2. The average molecular weight is 268 g/mol. The van der Waals surface area contributed by atoms with Gasteiger partial charge in [-0.1, -0.05) is 0 Å². The molecule has 0 aromatic carbocycles. The summed E-state index contributed by atoms with van der Waals surface area (Å²) in [5.74, 6) is -0.595. The SMILES string of the molecule is CCOC(=O)C1CCCN(C(=O)[C@@H]2CCC(=O)N2)C1. The molecule has 0 aromatic rings. The lowest BCUT2D eigenvalue weighted by Crippen LogP contribution is -2.49. The molecule has 106 valence electrons. The predicted molar refractivity (Wildman–Crippen MR) is 67.1 cm³/mol. The summed E-state index contributed by atoms with van der Waals surface area (Å²) >= 11 is 0. The van der Waals surface area contributed by atoms with E-state index in [1.165, 1.54) is 0 Å². The maximum Gasteiger partial charge on any atom is 0.310 e. The fraction of sp³-hybridized carbons (Fsp3) is 0.769. The van der Waals surface area contributed by atoms with Crippen LogP contribution in [0.2, 0.25) is 0 Å². The molecule has 2 fully saturated rings. The van der Waals surface area contributed by atoms with Crippen molar-refractivity contribution in [2.45, 2.75) is 38.6 Å². The van der Waals surface area contributed by atoms with Gasteiger partial charge in [-0.2, -0.15) is 0 Å². The number of nitrogens with zero attached hydrogens (tertiary/aromatic N) is 1. The summed E-state index contributed by atoms with van der Waals surface area (Å²) in [5, 5.41) is 2.67. The first-order chi connectivity index (χ1) is 9.11. The molecule has 0 spiro atoms. The zero-order chi connectivity index (χ0) is 13.8. The number of carbonyl (C=O) groups is 3. The molecule has 6 heteroatoms. The zero-order valence-corrected chi connectivity index (χ0v) is 11.2. The van der Waals surface area contributed by atoms with Crippen molar-refractivity contribution >= 4 is 17.8 Å². The van der Waals surface area contributed by atoms with E-state index in [1.54, 1.807) is 11.8 Å². The van der Waals surface area contributed by atoms with Crippen LogP contribution in [0, 0.1) is 5.92 Å². The molecule has 6 nitrogen and oxygen atoms in total. The molecule has 2 aliphatic rings. The Morgan fingerprint density at radius 3 is 2.84 bits per heavy atom. The molecule has 2 atom stereocenters. The minimum absolute atomic E-state index is 0.0696. The van der Waals surface area contributed by atoms with Crippen LogP contribution in [-0.4, -0.2) is 48.4 Å². The Morgan fingerprint density at radius 2 is 2.21 bits per heavy atom. The molecule has 2 saturated heterocycles. The van der Waals surface area contributed by atoms with Crippen LogP contribution in [0.15, 0.2) is 0 Å². The second kappa shape index (κ2) is 6.04. The summed E-state index contributed by atoms with van der Waals surface area (Å²) < 4.78 is 5.01. The monoisotopic (exact) mass is 268 g/mol. The summed E-state index contributed by atoms with van der Waals surface area (Å²) in [5.41, 5.74) is 0. The highest BCUT2D eigenvalue weighted by Crippen LogP contribution is 2.20. The first-order valence-electron chi connectivity index (χ1n) is 6.86. The highest BCUT2D eigenvalue weighted by Gasteiger charge is 2.35. The normalized spacial score (nSPS) is 27.0. The number of ether oxygens (including phenoxy) is 1. The average Bonchev–Trinajstić information content (AvgIpc) is 2.85. The minimum atomic E-state index is -0.409. The number of likely N-dealkylation sites (tertiary alicyclic amines) is 1. The molecule has 1 unspecified atom stereocenters. The minimum Gasteiger partial charge on any atom is -0.466 e. The Labute approximate surface area is 112 Å². The van der Waals surface area contributed by atoms with Gasteiger partial charge < -0.3 is 15.0 Å². The van der Waals surface area contributed by atoms with Gasteiger partial charge in [0, 0.05) is 19.5 Å². The second-order valence-electron chi connectivity index (χ2n) is 5.03. The lowest BCUT2D eigenvalue weighted by atomic mass is 9.97. The molecule has 0 saturated carbocycles. The summed E-state index contributed by atoms with van der Waals surface area (Å²) in [4.78, 5) is 36.8. The second-order valence-corrected chi connectivity index (χ2v) is 5.03. The van der Waals surface area contributed by atoms with Gasteiger partial charge in [-0.05, 0) is 26.2 Å². The standard InChI is InChI=1S/C13H20N2O4/c1-2-19-13(18)9-4-3-7-15(8-9)12(17)10-5-6-11(16)14-10/h9-10H,2-8H2,1H3,(H,14,16)/t9?,10-/m0/s1. The summed E-state index contributed by atoms with van der Waals surface area (Å²) in [6.45, 7) is 3.20. The maximum atomic E-state index is 12.2. The van der Waals surface area contributed by atoms with Crippen LogP contribution in [0.5, 0.6) is 0 Å². The first-order valence-corrected chi connectivity index (χ1v) is 6.86. The summed E-state index contributed by atoms with van der Waals surface area (Å²) in [6, 6.07) is -0.409. The third-order valence-corrected chi connectivity index (χ3v) is 3.65. The van der Waals surface area contributed by atoms with E-state index < -0.39 is 6.04 Å². The van der Waals surface area contributed by atoms with E-state index >= 15 is 0 Å². The smallest absolute Gasteiger partial charge is 0.310 e. The molecule has 19 heavy (non-hydrogen) atoms. The Balaban J connectivity index is 1.91. The topological polar surface area (TPSA) is 75.7 Å². The molecule has 2 amide bonds. The van der Waals surface area contributed by atoms with Crippen molar-refractivity contribution in [2.24, 2.45) is 5.92 Å². The van der Waals surface area contributed by atoms with Gasteiger partial charge >= 0.3 is 5.97 Å². The van der Waals surface area contributed by atoms with Crippen molar-refractivity contribution < 1.29 is 19.1 Å². The fourth-order valence-corrected chi connectivity index (χ4v) is 2.65. The molecule has 2 aliphatic heterocycles. The molecular weight excluding hydrogens is 248 g/mol. The zero-order valence-electron chi connectivity index (χ0n) is 11.2. The van der Waals surface area contributed by atoms with Crippen LogP contribution >= 0.6 is 0 Å². The third kappa shape index (κ3) is 3.24. The van der Waals surface area contributed by atoms with Gasteiger partial charge in [0.25, 0.3) is 0 Å². The van der Waals surface area contributed by atoms with E-state index in [2.05, 4.69) is 5.32 Å². The molecule has 1 N–H and O–H groups in total. The van der Waals surface area contributed by atoms with Crippen LogP contribution in [0.4, 0.5) is 0 Å². The molecule has 2 rings (SSSR count). The van der Waals surface area contributed by atoms with Crippen molar-refractivity contribution in [3.63, 3.8) is 0 Å². The maximum absolute atomic E-state index is 12.2. The number of esters is 1. The van der Waals surface area contributed by atoms with Gasteiger partial charge in [0.05, 0.1) is 12.5 Å². The van der Waals surface area contributed by atoms with Crippen LogP contribution in [-0.2, 0) is 19.1 Å². The first kappa shape index (κ1) is 13.8. The quantitative estimate of drug-likeness (QED) is 0.735. The third-order valence-electron chi connectivity index (χ3n) is 3.65. The van der Waals surface area contributed by atoms with E-state index in [4.69, 9.17) is 4.74 Å². The predicted octanol–water partition coefficient (Wildman–Crippen LogP) is 0.0667. The van der Waals surface area contributed by atoms with Gasteiger partial charge in [-0.25, -0.2) is 0 Å². The summed E-state index contributed by atoms with van der Waals surface area (Å²) in [6.07, 6.45) is 2.53. The Kier molecular flexibility index (Phi) is 4.39. The van der Waals surface area contributed by atoms with Gasteiger partial charge in [0.1, 0.15) is 6.04 Å². The van der Waals surface area contributed by atoms with Crippen LogP contribution in [0.3, 0.4) is 0 Å². The molecular formula is C13H20N2O4. The molecule has 0 aliphatic carbocycles. The molecule has 0 radical (unpaired) electrons. The number of hydrogen-bond acceptors (Lipinski definition) is 4. The van der Waals surface area contributed by atoms with Crippen molar-refractivity contribution in [1.29, 1.82) is 0 Å². The van der Waals surface area contributed by atoms with Crippen LogP contribution in [0.25, 0.3) is 0 Å². The molecule has 0 aromatic heterocycles. The lowest BCUT2D eigenvalue weighted by Gasteiger charge is -2.33. The van der Waals surface area contributed by atoms with E-state index in [1.807, 2.05) is 0 Å². The van der Waals surface area contributed by atoms with Crippen molar-refractivity contribution in [3.05, 3.63) is 0 Å². The highest BCUT2D eigenvalue weighted by molar-refractivity contribution is 5.91. The Bertz CT molecular complexity index is 383. The van der Waals surface area contributed by atoms with Gasteiger partial charge in [0.15, 0.2) is 0 Å². The fourth-order valence-electron chi connectivity index (χ4n) is 2.65. The number of hydrogen-bond donors (Lipinski definition) is 1. The number of piperidine rings is 1. The van der Waals surface area contributed by atoms with Crippen molar-refractivity contribution in [2.75, 3.05) is 19.7 Å². The highest BCUT2D eigenvalue weighted by atomic mass is 16.5. The van der Waals surface area contributed by atoms with Crippen molar-refractivity contribution in [3.8, 4) is 0 Å². The molecule has 0 bridgehead atoms.